The first-order valence-corrected chi connectivity index (χ1v) is 7.96. The van der Waals surface area contributed by atoms with E-state index in [9.17, 15) is 0 Å². The molecule has 6 rings (SSSR count). The second kappa shape index (κ2) is 4.11. The van der Waals surface area contributed by atoms with Crippen molar-refractivity contribution in [2.75, 3.05) is 13.6 Å². The average Bonchev–Trinajstić information content (AvgIpc) is 3.19. The third-order valence-electron chi connectivity index (χ3n) is 5.27. The van der Waals surface area contributed by atoms with Gasteiger partial charge in [-0.3, -0.25) is 0 Å². The van der Waals surface area contributed by atoms with E-state index >= 15 is 0 Å². The molecule has 23 heavy (non-hydrogen) atoms. The molecule has 2 aromatic rings. The van der Waals surface area contributed by atoms with Crippen molar-refractivity contribution in [2.24, 2.45) is 0 Å². The quantitative estimate of drug-likeness (QED) is 0.811. The van der Waals surface area contributed by atoms with E-state index in [0.717, 1.165) is 35.8 Å². The number of nitrogens with one attached hydrogen (secondary N) is 1. The first kappa shape index (κ1) is 12.1. The predicted octanol–water partition coefficient (Wildman–Crippen LogP) is 2.63. The van der Waals surface area contributed by atoms with Gasteiger partial charge < -0.3 is 24.3 Å². The lowest BCUT2D eigenvalue weighted by molar-refractivity contribution is 0.173. The van der Waals surface area contributed by atoms with Crippen LogP contribution >= 0.6 is 0 Å². The van der Waals surface area contributed by atoms with Crippen LogP contribution in [0.25, 0.3) is 0 Å². The smallest absolute Gasteiger partial charge is 0.231 e. The van der Waals surface area contributed by atoms with Gasteiger partial charge in [0.15, 0.2) is 23.0 Å². The van der Waals surface area contributed by atoms with E-state index in [-0.39, 0.29) is 0 Å². The first-order chi connectivity index (χ1) is 11.3. The van der Waals surface area contributed by atoms with Crippen molar-refractivity contribution in [1.82, 2.24) is 5.32 Å². The van der Waals surface area contributed by atoms with Gasteiger partial charge in [-0.25, -0.2) is 0 Å². The van der Waals surface area contributed by atoms with E-state index in [4.69, 9.17) is 18.9 Å². The summed E-state index contributed by atoms with van der Waals surface area (Å²) < 4.78 is 22.2. The van der Waals surface area contributed by atoms with Crippen LogP contribution in [0.5, 0.6) is 23.0 Å². The van der Waals surface area contributed by atoms with Crippen LogP contribution in [0, 0.1) is 0 Å². The maximum Gasteiger partial charge on any atom is 0.231 e. The minimum absolute atomic E-state index is 0.311. The molecule has 0 radical (unpaired) electrons. The Morgan fingerprint density at radius 1 is 0.652 bits per heavy atom. The summed E-state index contributed by atoms with van der Waals surface area (Å²) in [7, 11) is 0. The molecule has 5 heteroatoms. The topological polar surface area (TPSA) is 49.0 Å². The maximum atomic E-state index is 5.55. The second-order valence-corrected chi connectivity index (χ2v) is 6.49. The van der Waals surface area contributed by atoms with E-state index in [1.165, 1.54) is 22.3 Å². The third-order valence-corrected chi connectivity index (χ3v) is 5.27. The number of hydrogen-bond donors (Lipinski definition) is 1. The van der Waals surface area contributed by atoms with Gasteiger partial charge in [0, 0.05) is 12.1 Å². The lowest BCUT2D eigenvalue weighted by atomic mass is 9.78. The molecule has 4 aliphatic rings. The fraction of sp³-hybridized carbons (Fsp3) is 0.333. The summed E-state index contributed by atoms with van der Waals surface area (Å²) in [6.45, 7) is 0.642. The van der Waals surface area contributed by atoms with Crippen molar-refractivity contribution >= 4 is 0 Å². The molecule has 0 aliphatic carbocycles. The molecule has 0 saturated carbocycles. The van der Waals surface area contributed by atoms with Gasteiger partial charge in [-0.05, 0) is 59.4 Å². The molecule has 2 bridgehead atoms. The van der Waals surface area contributed by atoms with E-state index in [1.54, 1.807) is 0 Å². The molecule has 0 saturated heterocycles. The van der Waals surface area contributed by atoms with Gasteiger partial charge >= 0.3 is 0 Å². The van der Waals surface area contributed by atoms with Gasteiger partial charge in [0.05, 0.1) is 0 Å². The molecule has 0 amide bonds. The van der Waals surface area contributed by atoms with Gasteiger partial charge in [-0.1, -0.05) is 0 Å². The third kappa shape index (κ3) is 1.60. The Kier molecular flexibility index (Phi) is 2.16. The van der Waals surface area contributed by atoms with Crippen molar-refractivity contribution in [1.29, 1.82) is 0 Å². The van der Waals surface area contributed by atoms with Crippen LogP contribution in [-0.4, -0.2) is 13.6 Å². The molecule has 116 valence electrons. The maximum absolute atomic E-state index is 5.55. The largest absolute Gasteiger partial charge is 0.454 e. The molecule has 4 heterocycles. The van der Waals surface area contributed by atoms with Gasteiger partial charge in [0.25, 0.3) is 0 Å². The highest BCUT2D eigenvalue weighted by Gasteiger charge is 2.36. The molecular formula is C18H15NO4. The first-order valence-electron chi connectivity index (χ1n) is 7.96. The standard InChI is InChI=1S/C18H15NO4/c1-9-3-15-17(22-7-20-15)5-11(9)14-2-10-4-16-18(23-8-21-16)6-12(10)13(1)19-14/h3-6,13-14,19H,1-2,7-8H2/t13-,14-/m0/s1. The van der Waals surface area contributed by atoms with E-state index in [0.29, 0.717) is 25.7 Å². The zero-order valence-corrected chi connectivity index (χ0v) is 12.4. The molecule has 5 nitrogen and oxygen atoms in total. The van der Waals surface area contributed by atoms with Crippen LogP contribution in [0.2, 0.25) is 0 Å². The van der Waals surface area contributed by atoms with Crippen molar-refractivity contribution in [3.05, 3.63) is 46.5 Å². The fourth-order valence-corrected chi connectivity index (χ4v) is 4.20. The average molecular weight is 309 g/mol. The molecule has 0 fully saturated rings. The number of rotatable bonds is 0. The van der Waals surface area contributed by atoms with Crippen LogP contribution in [-0.2, 0) is 12.8 Å². The zero-order valence-electron chi connectivity index (χ0n) is 12.4. The Labute approximate surface area is 133 Å². The monoisotopic (exact) mass is 309 g/mol. The van der Waals surface area contributed by atoms with E-state index in [1.807, 2.05) is 0 Å². The van der Waals surface area contributed by atoms with Crippen molar-refractivity contribution in [3.8, 4) is 23.0 Å². The zero-order chi connectivity index (χ0) is 15.0. The van der Waals surface area contributed by atoms with Crippen LogP contribution in [0.4, 0.5) is 0 Å². The molecule has 0 spiro atoms. The van der Waals surface area contributed by atoms with Crippen molar-refractivity contribution in [2.45, 2.75) is 24.9 Å². The van der Waals surface area contributed by atoms with Gasteiger partial charge in [0.1, 0.15) is 0 Å². The fourth-order valence-electron chi connectivity index (χ4n) is 4.20. The normalized spacial score (nSPS) is 25.0. The summed E-state index contributed by atoms with van der Waals surface area (Å²) in [5, 5.41) is 3.75. The SMILES string of the molecule is c1c2c(cc3c1OCO3)[C@@H]1Cc3cc4c(cc3[C@H](C2)N1)OCO4. The molecule has 0 aromatic heterocycles. The lowest BCUT2D eigenvalue weighted by Crippen LogP contribution is -2.38. The summed E-state index contributed by atoms with van der Waals surface area (Å²) in [6.07, 6.45) is 1.91. The van der Waals surface area contributed by atoms with Gasteiger partial charge in [0.2, 0.25) is 13.6 Å². The van der Waals surface area contributed by atoms with Crippen molar-refractivity contribution < 1.29 is 18.9 Å². The Bertz CT molecular complexity index is 778. The molecule has 4 aliphatic heterocycles. The summed E-state index contributed by atoms with van der Waals surface area (Å²) in [5.41, 5.74) is 5.36. The Morgan fingerprint density at radius 2 is 1.09 bits per heavy atom. The summed E-state index contributed by atoms with van der Waals surface area (Å²) in [5.74, 6) is 3.46. The Hall–Kier alpha value is -2.40. The molecule has 2 aromatic carbocycles. The highest BCUT2D eigenvalue weighted by Crippen LogP contribution is 2.47. The highest BCUT2D eigenvalue weighted by molar-refractivity contribution is 5.56. The minimum Gasteiger partial charge on any atom is -0.454 e. The Morgan fingerprint density at radius 3 is 1.57 bits per heavy atom. The number of hydrogen-bond acceptors (Lipinski definition) is 5. The molecular weight excluding hydrogens is 294 g/mol. The van der Waals surface area contributed by atoms with Gasteiger partial charge in [-0.2, -0.15) is 0 Å². The molecule has 1 N–H and O–H groups in total. The van der Waals surface area contributed by atoms with Crippen LogP contribution in [0.15, 0.2) is 24.3 Å². The second-order valence-electron chi connectivity index (χ2n) is 6.49. The number of fused-ring (bicyclic) bond motifs is 8. The molecule has 0 unspecified atom stereocenters. The van der Waals surface area contributed by atoms with E-state index < -0.39 is 0 Å². The van der Waals surface area contributed by atoms with E-state index in [2.05, 4.69) is 29.6 Å². The van der Waals surface area contributed by atoms with Crippen LogP contribution < -0.4 is 24.3 Å². The van der Waals surface area contributed by atoms with Gasteiger partial charge in [-0.15, -0.1) is 0 Å². The lowest BCUT2D eigenvalue weighted by Gasteiger charge is -2.39. The summed E-state index contributed by atoms with van der Waals surface area (Å²) >= 11 is 0. The van der Waals surface area contributed by atoms with Crippen LogP contribution in [0.3, 0.4) is 0 Å². The summed E-state index contributed by atoms with van der Waals surface area (Å²) in [6, 6.07) is 9.21. The van der Waals surface area contributed by atoms with Crippen LogP contribution in [0.1, 0.15) is 34.3 Å². The molecule has 2 atom stereocenters. The minimum atomic E-state index is 0.311. The summed E-state index contributed by atoms with van der Waals surface area (Å²) in [4.78, 5) is 0. The number of benzene rings is 2. The van der Waals surface area contributed by atoms with Crippen molar-refractivity contribution in [3.63, 3.8) is 0 Å². The predicted molar refractivity (Wildman–Crippen MR) is 81.2 cm³/mol. The Balaban J connectivity index is 1.48. The highest BCUT2D eigenvalue weighted by atomic mass is 16.7. The number of ether oxygens (including phenoxy) is 4.